The molecule has 0 bridgehead atoms. The molecule has 2 aromatic heterocycles. The van der Waals surface area contributed by atoms with E-state index in [1.54, 1.807) is 11.0 Å². The van der Waals surface area contributed by atoms with Gasteiger partial charge in [0.1, 0.15) is 5.82 Å². The molecule has 2 fully saturated rings. The zero-order valence-electron chi connectivity index (χ0n) is 20.6. The van der Waals surface area contributed by atoms with Gasteiger partial charge in [0.15, 0.2) is 5.82 Å². The first-order valence-electron chi connectivity index (χ1n) is 12.6. The molecule has 0 radical (unpaired) electrons. The van der Waals surface area contributed by atoms with Crippen LogP contribution in [0.5, 0.6) is 0 Å². The summed E-state index contributed by atoms with van der Waals surface area (Å²) in [5.74, 6) is 1.59. The van der Waals surface area contributed by atoms with Gasteiger partial charge in [-0.1, -0.05) is 43.0 Å². The molecule has 37 heavy (non-hydrogen) atoms. The molecule has 1 aromatic carbocycles. The number of anilines is 3. The number of alkyl halides is 3. The maximum absolute atomic E-state index is 13.5. The number of hydrogen-bond acceptors (Lipinski definition) is 7. The number of benzene rings is 1. The van der Waals surface area contributed by atoms with Crippen molar-refractivity contribution in [1.29, 1.82) is 0 Å². The highest BCUT2D eigenvalue weighted by molar-refractivity contribution is 6.30. The lowest BCUT2D eigenvalue weighted by molar-refractivity contribution is -0.137. The molecule has 5 rings (SSSR count). The molecule has 3 aromatic rings. The molecule has 3 heterocycles. The number of pyridine rings is 1. The third kappa shape index (κ3) is 5.74. The predicted octanol–water partition coefficient (Wildman–Crippen LogP) is 5.70. The van der Waals surface area contributed by atoms with Crippen molar-refractivity contribution in [3.05, 3.63) is 53.2 Å². The van der Waals surface area contributed by atoms with Crippen LogP contribution in [0.4, 0.5) is 30.9 Å². The Morgan fingerprint density at radius 3 is 2.35 bits per heavy atom. The zero-order valence-corrected chi connectivity index (χ0v) is 21.4. The van der Waals surface area contributed by atoms with Gasteiger partial charge < -0.3 is 14.7 Å². The lowest BCUT2D eigenvalue weighted by atomic mass is 9.95. The Morgan fingerprint density at radius 2 is 1.65 bits per heavy atom. The van der Waals surface area contributed by atoms with Crippen LogP contribution in [0.2, 0.25) is 5.02 Å². The fraction of sp³-hybridized carbons (Fsp3) is 0.462. The van der Waals surface area contributed by atoms with E-state index in [1.165, 1.54) is 31.5 Å². The molecule has 1 aliphatic carbocycles. The van der Waals surface area contributed by atoms with Gasteiger partial charge in [0, 0.05) is 56.1 Å². The van der Waals surface area contributed by atoms with Crippen molar-refractivity contribution in [3.63, 3.8) is 0 Å². The van der Waals surface area contributed by atoms with Crippen molar-refractivity contribution >= 4 is 29.3 Å². The second kappa shape index (κ2) is 10.7. The minimum atomic E-state index is -4.46. The summed E-state index contributed by atoms with van der Waals surface area (Å²) in [5, 5.41) is 0.589. The van der Waals surface area contributed by atoms with Crippen molar-refractivity contribution in [3.8, 4) is 11.4 Å². The number of rotatable bonds is 5. The quantitative estimate of drug-likeness (QED) is 0.418. The molecule has 1 aliphatic heterocycles. The Bertz CT molecular complexity index is 1220. The third-order valence-corrected chi connectivity index (χ3v) is 7.32. The van der Waals surface area contributed by atoms with Crippen LogP contribution in [0.3, 0.4) is 0 Å². The summed E-state index contributed by atoms with van der Waals surface area (Å²) in [6, 6.07) is 10.1. The van der Waals surface area contributed by atoms with E-state index in [-0.39, 0.29) is 5.82 Å². The van der Waals surface area contributed by atoms with Crippen LogP contribution in [0.15, 0.2) is 42.6 Å². The Morgan fingerprint density at radius 1 is 0.919 bits per heavy atom. The van der Waals surface area contributed by atoms with E-state index >= 15 is 0 Å². The maximum atomic E-state index is 13.5. The monoisotopic (exact) mass is 531 g/mol. The molecule has 0 spiro atoms. The summed E-state index contributed by atoms with van der Waals surface area (Å²) >= 11 is 6.24. The first-order valence-corrected chi connectivity index (χ1v) is 12.9. The molecule has 1 saturated heterocycles. The van der Waals surface area contributed by atoms with Gasteiger partial charge >= 0.3 is 6.18 Å². The van der Waals surface area contributed by atoms with E-state index in [9.17, 15) is 13.2 Å². The molecule has 1 saturated carbocycles. The topological polar surface area (TPSA) is 61.3 Å². The standard InChI is InChI=1S/C26H29ClF3N7/c1-35(20-9-3-2-4-10-20)24-32-22(18-7-5-8-19(27)17-18)33-25(34-24)37-15-13-36(14-16-37)23-21(26(28,29)30)11-6-12-31-23/h5-8,11-12,17,20H,2-4,9-10,13-16H2,1H3. The van der Waals surface area contributed by atoms with Crippen molar-refractivity contribution < 1.29 is 13.2 Å². The van der Waals surface area contributed by atoms with E-state index in [4.69, 9.17) is 26.6 Å². The summed E-state index contributed by atoms with van der Waals surface area (Å²) in [7, 11) is 2.02. The van der Waals surface area contributed by atoms with E-state index < -0.39 is 11.7 Å². The average molecular weight is 532 g/mol. The Balaban J connectivity index is 1.42. The van der Waals surface area contributed by atoms with Crippen molar-refractivity contribution in [1.82, 2.24) is 19.9 Å². The minimum absolute atomic E-state index is 0.0392. The zero-order chi connectivity index (χ0) is 26.0. The van der Waals surface area contributed by atoms with E-state index in [0.717, 1.165) is 24.5 Å². The SMILES string of the molecule is CN(c1nc(-c2cccc(Cl)c2)nc(N2CCN(c3ncccc3C(F)(F)F)CC2)n1)C1CCCCC1. The van der Waals surface area contributed by atoms with Gasteiger partial charge in [0.25, 0.3) is 0 Å². The molecule has 0 atom stereocenters. The summed E-state index contributed by atoms with van der Waals surface area (Å²) in [6.07, 6.45) is 2.74. The van der Waals surface area contributed by atoms with Gasteiger partial charge in [-0.15, -0.1) is 0 Å². The second-order valence-corrected chi connectivity index (χ2v) is 9.95. The van der Waals surface area contributed by atoms with Crippen LogP contribution >= 0.6 is 11.6 Å². The van der Waals surface area contributed by atoms with E-state index in [0.29, 0.717) is 55.0 Å². The van der Waals surface area contributed by atoms with Crippen LogP contribution < -0.4 is 14.7 Å². The number of hydrogen-bond donors (Lipinski definition) is 0. The van der Waals surface area contributed by atoms with Gasteiger partial charge in [-0.05, 0) is 37.1 Å². The number of aromatic nitrogens is 4. The summed E-state index contributed by atoms with van der Waals surface area (Å²) in [5.41, 5.74) is 0.0691. The Hall–Kier alpha value is -3.14. The van der Waals surface area contributed by atoms with Crippen molar-refractivity contribution in [2.24, 2.45) is 0 Å². The molecule has 11 heteroatoms. The van der Waals surface area contributed by atoms with Crippen LogP contribution in [0.25, 0.3) is 11.4 Å². The summed E-state index contributed by atoms with van der Waals surface area (Å²) < 4.78 is 40.6. The Kier molecular flexibility index (Phi) is 7.37. The first kappa shape index (κ1) is 25.5. The van der Waals surface area contributed by atoms with Gasteiger partial charge in [-0.3, -0.25) is 0 Å². The van der Waals surface area contributed by atoms with Gasteiger partial charge in [-0.25, -0.2) is 4.98 Å². The van der Waals surface area contributed by atoms with Crippen LogP contribution in [-0.4, -0.2) is 59.2 Å². The van der Waals surface area contributed by atoms with Crippen molar-refractivity contribution in [2.45, 2.75) is 44.3 Å². The smallest absolute Gasteiger partial charge is 0.353 e. The predicted molar refractivity (Wildman–Crippen MR) is 139 cm³/mol. The van der Waals surface area contributed by atoms with Gasteiger partial charge in [-0.2, -0.15) is 28.1 Å². The molecule has 7 nitrogen and oxygen atoms in total. The molecule has 2 aliphatic rings. The maximum Gasteiger partial charge on any atom is 0.419 e. The van der Waals surface area contributed by atoms with Gasteiger partial charge in [0.05, 0.1) is 5.56 Å². The largest absolute Gasteiger partial charge is 0.419 e. The van der Waals surface area contributed by atoms with Crippen LogP contribution in [0, 0.1) is 0 Å². The highest BCUT2D eigenvalue weighted by atomic mass is 35.5. The minimum Gasteiger partial charge on any atom is -0.353 e. The van der Waals surface area contributed by atoms with Crippen LogP contribution in [-0.2, 0) is 6.18 Å². The molecule has 196 valence electrons. The Labute approximate surface area is 219 Å². The fourth-order valence-corrected chi connectivity index (χ4v) is 5.22. The highest BCUT2D eigenvalue weighted by Crippen LogP contribution is 2.36. The first-order chi connectivity index (χ1) is 17.8. The van der Waals surface area contributed by atoms with Crippen LogP contribution in [0.1, 0.15) is 37.7 Å². The number of piperazine rings is 1. The number of nitrogens with zero attached hydrogens (tertiary/aromatic N) is 7. The summed E-state index contributed by atoms with van der Waals surface area (Å²) in [4.78, 5) is 24.2. The third-order valence-electron chi connectivity index (χ3n) is 7.09. The van der Waals surface area contributed by atoms with Crippen molar-refractivity contribution in [2.75, 3.05) is 47.9 Å². The molecule has 0 amide bonds. The molecule has 0 N–H and O–H groups in total. The highest BCUT2D eigenvalue weighted by Gasteiger charge is 2.36. The molecule has 0 unspecified atom stereocenters. The molecular formula is C26H29ClF3N7. The number of halogens is 4. The van der Waals surface area contributed by atoms with E-state index in [1.807, 2.05) is 30.1 Å². The fourth-order valence-electron chi connectivity index (χ4n) is 5.03. The average Bonchev–Trinajstić information content (AvgIpc) is 2.92. The second-order valence-electron chi connectivity index (χ2n) is 9.52. The normalized spacial score (nSPS) is 17.2. The lowest BCUT2D eigenvalue weighted by Gasteiger charge is -2.37. The van der Waals surface area contributed by atoms with Gasteiger partial charge in [0.2, 0.25) is 11.9 Å². The summed E-state index contributed by atoms with van der Waals surface area (Å²) in [6.45, 7) is 1.65. The lowest BCUT2D eigenvalue weighted by Crippen LogP contribution is -2.48. The van der Waals surface area contributed by atoms with E-state index in [2.05, 4.69) is 9.88 Å². The molecular weight excluding hydrogens is 503 g/mol.